The lowest BCUT2D eigenvalue weighted by molar-refractivity contribution is 0.413. The molecule has 0 saturated heterocycles. The van der Waals surface area contributed by atoms with Gasteiger partial charge in [0.2, 0.25) is 0 Å². The molecule has 1 heterocycles. The van der Waals surface area contributed by atoms with Crippen molar-refractivity contribution in [1.82, 2.24) is 15.2 Å². The van der Waals surface area contributed by atoms with Crippen LogP contribution in [0.1, 0.15) is 29.4 Å². The number of nitrogens with zero attached hydrogens (tertiary/aromatic N) is 2. The number of nitrogens with one attached hydrogen (secondary N) is 1. The highest BCUT2D eigenvalue weighted by molar-refractivity contribution is 7.11. The molecule has 0 aliphatic heterocycles. The molecule has 17 heavy (non-hydrogen) atoms. The van der Waals surface area contributed by atoms with E-state index in [1.165, 1.54) is 15.6 Å². The molecule has 0 radical (unpaired) electrons. The van der Waals surface area contributed by atoms with Crippen LogP contribution in [0.4, 0.5) is 0 Å². The van der Waals surface area contributed by atoms with E-state index in [2.05, 4.69) is 50.1 Å². The normalized spacial score (nSPS) is 11.7. The summed E-state index contributed by atoms with van der Waals surface area (Å²) >= 11 is 1.85. The van der Waals surface area contributed by atoms with Crippen molar-refractivity contribution in [2.24, 2.45) is 5.92 Å². The molecule has 0 spiro atoms. The van der Waals surface area contributed by atoms with Crippen molar-refractivity contribution in [3.63, 3.8) is 0 Å². The molecule has 1 aromatic heterocycles. The van der Waals surface area contributed by atoms with E-state index in [9.17, 15) is 0 Å². The second kappa shape index (κ2) is 7.09. The van der Waals surface area contributed by atoms with Gasteiger partial charge in [-0.05, 0) is 33.5 Å². The van der Waals surface area contributed by atoms with E-state index in [4.69, 9.17) is 0 Å². The number of likely N-dealkylation sites (N-methyl/N-ethyl adjacent to an activating group) is 1. The fourth-order valence-corrected chi connectivity index (χ4v) is 2.58. The van der Waals surface area contributed by atoms with Crippen molar-refractivity contribution in [1.29, 1.82) is 0 Å². The Morgan fingerprint density at radius 1 is 1.35 bits per heavy atom. The van der Waals surface area contributed by atoms with Crippen molar-refractivity contribution in [2.75, 3.05) is 27.2 Å². The summed E-state index contributed by atoms with van der Waals surface area (Å²) in [4.78, 5) is 8.22. The van der Waals surface area contributed by atoms with Crippen LogP contribution in [0.2, 0.25) is 0 Å². The number of aromatic nitrogens is 1. The van der Waals surface area contributed by atoms with Gasteiger partial charge in [-0.2, -0.15) is 0 Å². The molecule has 0 unspecified atom stereocenters. The van der Waals surface area contributed by atoms with Crippen LogP contribution in [-0.2, 0) is 13.0 Å². The molecule has 3 nitrogen and oxygen atoms in total. The Bertz CT molecular complexity index is 331. The van der Waals surface area contributed by atoms with Gasteiger partial charge in [-0.15, -0.1) is 11.3 Å². The second-order valence-electron chi connectivity index (χ2n) is 5.19. The molecular weight excluding hydrogens is 230 g/mol. The predicted octanol–water partition coefficient (Wildman–Crippen LogP) is 2.30. The van der Waals surface area contributed by atoms with Crippen molar-refractivity contribution in [3.8, 4) is 0 Å². The maximum Gasteiger partial charge on any atom is 0.0944 e. The first-order chi connectivity index (χ1) is 7.99. The van der Waals surface area contributed by atoms with E-state index in [0.29, 0.717) is 5.92 Å². The summed E-state index contributed by atoms with van der Waals surface area (Å²) in [6.07, 6.45) is 1.06. The summed E-state index contributed by atoms with van der Waals surface area (Å²) in [6.45, 7) is 9.69. The van der Waals surface area contributed by atoms with Crippen LogP contribution in [-0.4, -0.2) is 37.1 Å². The average molecular weight is 255 g/mol. The lowest BCUT2D eigenvalue weighted by Gasteiger charge is -2.06. The standard InChI is InChI=1S/C13H25N3S/c1-10(2)8-14-9-12-11(3)15-13(17-12)6-7-16(4)5/h10,14H,6-9H2,1-5H3. The highest BCUT2D eigenvalue weighted by Crippen LogP contribution is 2.18. The Hall–Kier alpha value is -0.450. The van der Waals surface area contributed by atoms with Crippen LogP contribution in [0, 0.1) is 12.8 Å². The van der Waals surface area contributed by atoms with Gasteiger partial charge in [0.15, 0.2) is 0 Å². The van der Waals surface area contributed by atoms with Crippen LogP contribution in [0.25, 0.3) is 0 Å². The second-order valence-corrected chi connectivity index (χ2v) is 6.36. The highest BCUT2D eigenvalue weighted by atomic mass is 32.1. The Labute approximate surface area is 109 Å². The Kier molecular flexibility index (Phi) is 6.09. The number of hydrogen-bond acceptors (Lipinski definition) is 4. The molecule has 0 bridgehead atoms. The summed E-state index contributed by atoms with van der Waals surface area (Å²) in [5.41, 5.74) is 1.19. The third-order valence-electron chi connectivity index (χ3n) is 2.55. The monoisotopic (exact) mass is 255 g/mol. The predicted molar refractivity (Wildman–Crippen MR) is 75.7 cm³/mol. The number of thiazole rings is 1. The van der Waals surface area contributed by atoms with Crippen molar-refractivity contribution in [3.05, 3.63) is 15.6 Å². The first kappa shape index (κ1) is 14.6. The minimum Gasteiger partial charge on any atom is -0.312 e. The fourth-order valence-electron chi connectivity index (χ4n) is 1.55. The van der Waals surface area contributed by atoms with E-state index >= 15 is 0 Å². The van der Waals surface area contributed by atoms with Gasteiger partial charge in [0.05, 0.1) is 10.7 Å². The van der Waals surface area contributed by atoms with Gasteiger partial charge in [-0.3, -0.25) is 0 Å². The van der Waals surface area contributed by atoms with Gasteiger partial charge >= 0.3 is 0 Å². The Morgan fingerprint density at radius 3 is 2.65 bits per heavy atom. The molecule has 0 fully saturated rings. The first-order valence-corrected chi connectivity index (χ1v) is 7.11. The maximum atomic E-state index is 4.63. The van der Waals surface area contributed by atoms with E-state index in [1.807, 2.05) is 11.3 Å². The topological polar surface area (TPSA) is 28.2 Å². The highest BCUT2D eigenvalue weighted by Gasteiger charge is 2.07. The zero-order chi connectivity index (χ0) is 12.8. The van der Waals surface area contributed by atoms with E-state index in [1.54, 1.807) is 0 Å². The van der Waals surface area contributed by atoms with Gasteiger partial charge in [0.25, 0.3) is 0 Å². The van der Waals surface area contributed by atoms with Crippen LogP contribution in [0.3, 0.4) is 0 Å². The number of aryl methyl sites for hydroxylation is 1. The van der Waals surface area contributed by atoms with Crippen molar-refractivity contribution in [2.45, 2.75) is 33.7 Å². The summed E-state index contributed by atoms with van der Waals surface area (Å²) < 4.78 is 0. The zero-order valence-electron chi connectivity index (χ0n) is 11.7. The van der Waals surface area contributed by atoms with Crippen LogP contribution in [0.5, 0.6) is 0 Å². The lowest BCUT2D eigenvalue weighted by Crippen LogP contribution is -2.18. The SMILES string of the molecule is Cc1nc(CCN(C)C)sc1CNCC(C)C. The molecule has 98 valence electrons. The van der Waals surface area contributed by atoms with Crippen LogP contribution < -0.4 is 5.32 Å². The molecule has 0 aliphatic rings. The van der Waals surface area contributed by atoms with Gasteiger partial charge in [-0.1, -0.05) is 13.8 Å². The minimum absolute atomic E-state index is 0.705. The summed E-state index contributed by atoms with van der Waals surface area (Å²) in [6, 6.07) is 0. The smallest absolute Gasteiger partial charge is 0.0944 e. The van der Waals surface area contributed by atoms with E-state index in [-0.39, 0.29) is 0 Å². The largest absolute Gasteiger partial charge is 0.312 e. The quantitative estimate of drug-likeness (QED) is 0.810. The molecule has 1 N–H and O–H groups in total. The molecule has 0 saturated carbocycles. The van der Waals surface area contributed by atoms with Gasteiger partial charge in [0.1, 0.15) is 0 Å². The molecule has 0 amide bonds. The van der Waals surface area contributed by atoms with Crippen LogP contribution in [0.15, 0.2) is 0 Å². The summed E-state index contributed by atoms with van der Waals surface area (Å²) in [7, 11) is 4.21. The Morgan fingerprint density at radius 2 is 2.06 bits per heavy atom. The first-order valence-electron chi connectivity index (χ1n) is 6.29. The number of rotatable bonds is 7. The average Bonchev–Trinajstić information content (AvgIpc) is 2.56. The van der Waals surface area contributed by atoms with Gasteiger partial charge in [-0.25, -0.2) is 4.98 Å². The van der Waals surface area contributed by atoms with E-state index < -0.39 is 0 Å². The molecule has 0 atom stereocenters. The van der Waals surface area contributed by atoms with Gasteiger partial charge < -0.3 is 10.2 Å². The zero-order valence-corrected chi connectivity index (χ0v) is 12.5. The third kappa shape index (κ3) is 5.61. The maximum absolute atomic E-state index is 4.63. The van der Waals surface area contributed by atoms with Gasteiger partial charge in [0, 0.05) is 24.4 Å². The van der Waals surface area contributed by atoms with E-state index in [0.717, 1.165) is 26.1 Å². The lowest BCUT2D eigenvalue weighted by atomic mass is 10.2. The summed E-state index contributed by atoms with van der Waals surface area (Å²) in [5, 5.41) is 4.74. The molecule has 4 heteroatoms. The molecular formula is C13H25N3S. The Balaban J connectivity index is 2.44. The van der Waals surface area contributed by atoms with Crippen molar-refractivity contribution < 1.29 is 0 Å². The molecule has 0 aromatic carbocycles. The third-order valence-corrected chi connectivity index (χ3v) is 3.77. The van der Waals surface area contributed by atoms with Crippen LogP contribution >= 0.6 is 11.3 Å². The fraction of sp³-hybridized carbons (Fsp3) is 0.769. The summed E-state index contributed by atoms with van der Waals surface area (Å²) in [5.74, 6) is 0.705. The molecule has 0 aliphatic carbocycles. The minimum atomic E-state index is 0.705. The number of hydrogen-bond donors (Lipinski definition) is 1. The molecule has 1 aromatic rings. The molecule has 1 rings (SSSR count). The van der Waals surface area contributed by atoms with Crippen molar-refractivity contribution >= 4 is 11.3 Å².